The number of fused-ring (bicyclic) bond motifs is 9. The summed E-state index contributed by atoms with van der Waals surface area (Å²) in [5, 5.41) is 8.08. The van der Waals surface area contributed by atoms with Crippen molar-refractivity contribution >= 4 is 100 Å². The number of benzene rings is 3. The quantitative estimate of drug-likeness (QED) is 0.146. The van der Waals surface area contributed by atoms with Gasteiger partial charge < -0.3 is 0 Å². The van der Waals surface area contributed by atoms with Gasteiger partial charge in [0.2, 0.25) is 0 Å². The van der Waals surface area contributed by atoms with Crippen molar-refractivity contribution in [2.75, 3.05) is 0 Å². The van der Waals surface area contributed by atoms with E-state index in [-0.39, 0.29) is 16.8 Å². The van der Waals surface area contributed by atoms with Gasteiger partial charge in [-0.25, -0.2) is 0 Å². The molecule has 6 nitrogen and oxygen atoms in total. The van der Waals surface area contributed by atoms with Gasteiger partial charge in [0.1, 0.15) is 0 Å². The summed E-state index contributed by atoms with van der Waals surface area (Å²) in [6, 6.07) is 28.9. The van der Waals surface area contributed by atoms with E-state index in [1.807, 2.05) is 91.0 Å². The summed E-state index contributed by atoms with van der Waals surface area (Å²) in [4.78, 5) is 26.0. The summed E-state index contributed by atoms with van der Waals surface area (Å²) in [5.41, 5.74) is 5.29. The minimum Gasteiger partial charge on any atom is -0.254 e. The maximum Gasteiger partial charge on any atom is 0.0979 e. The zero-order chi connectivity index (χ0) is 30.8. The van der Waals surface area contributed by atoms with E-state index in [9.17, 15) is 0 Å². The van der Waals surface area contributed by atoms with Crippen LogP contribution in [0.2, 0.25) is 15.1 Å². The minimum absolute atomic E-state index is 0. The largest absolute Gasteiger partial charge is 0.254 e. The van der Waals surface area contributed by atoms with Crippen LogP contribution in [0.25, 0.3) is 65.4 Å². The first-order valence-electron chi connectivity index (χ1n) is 13.9. The Kier molecular flexibility index (Phi) is 9.49. The molecule has 6 heterocycles. The van der Waals surface area contributed by atoms with Crippen molar-refractivity contribution in [3.05, 3.63) is 143 Å². The molecule has 0 spiro atoms. The van der Waals surface area contributed by atoms with Crippen LogP contribution >= 0.6 is 34.8 Å². The molecule has 6 aromatic heterocycles. The minimum atomic E-state index is 0. The van der Waals surface area contributed by atoms with Gasteiger partial charge in [-0.2, -0.15) is 0 Å². The molecule has 0 unspecified atom stereocenters. The SMILES string of the molecule is Clc1cc2cccnc2c2ncccc12.Clc1cc2cccnc2c2ncccc12.Clc1cc2cccnc2c2ncccc12.[Co]. The molecule has 0 saturated heterocycles. The van der Waals surface area contributed by atoms with Gasteiger partial charge >= 0.3 is 0 Å². The van der Waals surface area contributed by atoms with E-state index in [0.717, 1.165) is 80.5 Å². The third-order valence-electron chi connectivity index (χ3n) is 7.23. The Morgan fingerprint density at radius 2 is 0.565 bits per heavy atom. The molecule has 46 heavy (non-hydrogen) atoms. The molecule has 0 aliphatic carbocycles. The van der Waals surface area contributed by atoms with Crippen LogP contribution in [0.15, 0.2) is 128 Å². The summed E-state index contributed by atoms with van der Waals surface area (Å²) in [5.74, 6) is 0. The number of hydrogen-bond donors (Lipinski definition) is 0. The van der Waals surface area contributed by atoms with E-state index in [1.165, 1.54) is 0 Å². The molecule has 0 saturated carbocycles. The van der Waals surface area contributed by atoms with Crippen molar-refractivity contribution in [3.8, 4) is 0 Å². The van der Waals surface area contributed by atoms with Gasteiger partial charge in [-0.05, 0) is 72.8 Å². The van der Waals surface area contributed by atoms with E-state index in [4.69, 9.17) is 34.8 Å². The van der Waals surface area contributed by atoms with E-state index in [0.29, 0.717) is 0 Å². The second-order valence-corrected chi connectivity index (χ2v) is 11.2. The maximum absolute atomic E-state index is 6.17. The van der Waals surface area contributed by atoms with Gasteiger partial charge in [0.05, 0.1) is 48.2 Å². The number of nitrogens with zero attached hydrogens (tertiary/aromatic N) is 6. The third-order valence-corrected chi connectivity index (χ3v) is 8.17. The van der Waals surface area contributed by atoms with Gasteiger partial charge in [-0.15, -0.1) is 0 Å². The fraction of sp³-hybridized carbons (Fsp3) is 0. The average molecular weight is 703 g/mol. The molecule has 225 valence electrons. The molecule has 3 aromatic carbocycles. The van der Waals surface area contributed by atoms with Gasteiger partial charge in [-0.1, -0.05) is 53.0 Å². The summed E-state index contributed by atoms with van der Waals surface area (Å²) in [6.07, 6.45) is 10.6. The molecule has 9 rings (SSSR count). The Labute approximate surface area is 288 Å². The maximum atomic E-state index is 6.17. The molecule has 0 atom stereocenters. The van der Waals surface area contributed by atoms with Crippen molar-refractivity contribution in [2.24, 2.45) is 0 Å². The topological polar surface area (TPSA) is 77.3 Å². The smallest absolute Gasteiger partial charge is 0.0979 e. The summed E-state index contributed by atoms with van der Waals surface area (Å²) >= 11 is 18.5. The first-order valence-corrected chi connectivity index (χ1v) is 15.1. The summed E-state index contributed by atoms with van der Waals surface area (Å²) < 4.78 is 0. The second kappa shape index (κ2) is 13.9. The molecule has 9 aromatic rings. The van der Waals surface area contributed by atoms with Crippen LogP contribution in [0.5, 0.6) is 0 Å². The number of aromatic nitrogens is 6. The number of pyridine rings is 6. The molecule has 10 heteroatoms. The summed E-state index contributed by atoms with van der Waals surface area (Å²) in [7, 11) is 0. The van der Waals surface area contributed by atoms with Crippen LogP contribution in [0.3, 0.4) is 0 Å². The van der Waals surface area contributed by atoms with Crippen LogP contribution in [0.1, 0.15) is 0 Å². The van der Waals surface area contributed by atoms with Gasteiger partial charge in [0, 0.05) is 86.3 Å². The Bertz CT molecular complexity index is 2230. The normalized spacial score (nSPS) is 10.8. The standard InChI is InChI=1S/3C12H7ClN2.Co/c3*13-10-7-8-3-1-5-14-11(8)12-9(10)4-2-6-15-12;/h3*1-7H;. The monoisotopic (exact) mass is 701 g/mol. The molecule has 0 aliphatic rings. The van der Waals surface area contributed by atoms with Crippen molar-refractivity contribution in [1.29, 1.82) is 0 Å². The Balaban J connectivity index is 0.000000120. The number of halogens is 3. The van der Waals surface area contributed by atoms with E-state index in [1.54, 1.807) is 37.2 Å². The molecule has 0 amide bonds. The van der Waals surface area contributed by atoms with Gasteiger partial charge in [0.25, 0.3) is 0 Å². The van der Waals surface area contributed by atoms with Crippen molar-refractivity contribution in [2.45, 2.75) is 0 Å². The molecule has 0 fully saturated rings. The Morgan fingerprint density at radius 3 is 0.848 bits per heavy atom. The fourth-order valence-corrected chi connectivity index (χ4v) is 6.01. The Morgan fingerprint density at radius 1 is 0.326 bits per heavy atom. The molecular formula is C36H21Cl3CoN6. The number of rotatable bonds is 0. The fourth-order valence-electron chi connectivity index (χ4n) is 5.20. The van der Waals surface area contributed by atoms with Crippen molar-refractivity contribution < 1.29 is 16.8 Å². The zero-order valence-corrected chi connectivity index (χ0v) is 27.1. The second-order valence-electron chi connectivity index (χ2n) is 10.00. The number of hydrogen-bond acceptors (Lipinski definition) is 6. The van der Waals surface area contributed by atoms with Crippen LogP contribution < -0.4 is 0 Å². The van der Waals surface area contributed by atoms with Crippen molar-refractivity contribution in [3.63, 3.8) is 0 Å². The van der Waals surface area contributed by atoms with E-state index in [2.05, 4.69) is 29.9 Å². The van der Waals surface area contributed by atoms with E-state index < -0.39 is 0 Å². The summed E-state index contributed by atoms with van der Waals surface area (Å²) in [6.45, 7) is 0. The first-order chi connectivity index (χ1) is 22.1. The molecule has 0 aliphatic heterocycles. The molecular weight excluding hydrogens is 682 g/mol. The average Bonchev–Trinajstić information content (AvgIpc) is 3.09. The predicted octanol–water partition coefficient (Wildman–Crippen LogP) is 10.3. The first kappa shape index (κ1) is 31.5. The Hall–Kier alpha value is -4.50. The third kappa shape index (κ3) is 6.16. The van der Waals surface area contributed by atoms with Crippen LogP contribution in [-0.2, 0) is 16.8 Å². The molecule has 0 N–H and O–H groups in total. The zero-order valence-electron chi connectivity index (χ0n) is 23.8. The van der Waals surface area contributed by atoms with E-state index >= 15 is 0 Å². The molecule has 1 radical (unpaired) electrons. The van der Waals surface area contributed by atoms with Gasteiger partial charge in [0.15, 0.2) is 0 Å². The van der Waals surface area contributed by atoms with Crippen molar-refractivity contribution in [1.82, 2.24) is 29.9 Å². The van der Waals surface area contributed by atoms with Crippen LogP contribution in [0.4, 0.5) is 0 Å². The van der Waals surface area contributed by atoms with Crippen LogP contribution in [0, 0.1) is 0 Å². The van der Waals surface area contributed by atoms with Crippen LogP contribution in [-0.4, -0.2) is 29.9 Å². The van der Waals surface area contributed by atoms with Gasteiger partial charge in [-0.3, -0.25) is 29.9 Å². The molecule has 0 bridgehead atoms. The predicted molar refractivity (Wildman–Crippen MR) is 186 cm³/mol.